The Bertz CT molecular complexity index is 487. The number of imide groups is 1. The lowest BCUT2D eigenvalue weighted by Gasteiger charge is -2.31. The largest absolute Gasteiger partial charge is 0.497 e. The van der Waals surface area contributed by atoms with E-state index in [4.69, 9.17) is 4.74 Å². The van der Waals surface area contributed by atoms with Gasteiger partial charge in [0.15, 0.2) is 0 Å². The minimum atomic E-state index is -0.261. The van der Waals surface area contributed by atoms with E-state index in [2.05, 4.69) is 5.32 Å². The number of hydrogen-bond acceptors (Lipinski definition) is 4. The third kappa shape index (κ3) is 2.93. The van der Waals surface area contributed by atoms with Crippen LogP contribution in [0.1, 0.15) is 18.9 Å². The molecule has 0 bridgehead atoms. The maximum absolute atomic E-state index is 12.1. The van der Waals surface area contributed by atoms with E-state index >= 15 is 0 Å². The lowest BCUT2D eigenvalue weighted by molar-refractivity contribution is -0.150. The van der Waals surface area contributed by atoms with Crippen molar-refractivity contribution in [3.63, 3.8) is 0 Å². The topological polar surface area (TPSA) is 58.6 Å². The van der Waals surface area contributed by atoms with Crippen molar-refractivity contribution in [3.05, 3.63) is 29.8 Å². The molecule has 1 fully saturated rings. The van der Waals surface area contributed by atoms with Crippen LogP contribution < -0.4 is 10.1 Å². The Hall–Kier alpha value is -1.88. The second-order valence-corrected chi connectivity index (χ2v) is 4.51. The average Bonchev–Trinajstić information content (AvgIpc) is 2.44. The Balaban J connectivity index is 2.15. The number of ether oxygens (including phenoxy) is 1. The van der Waals surface area contributed by atoms with Crippen LogP contribution in [-0.2, 0) is 16.1 Å². The lowest BCUT2D eigenvalue weighted by atomic mass is 10.1. The molecule has 1 atom stereocenters. The first kappa shape index (κ1) is 13.5. The summed E-state index contributed by atoms with van der Waals surface area (Å²) in [6.07, 6.45) is 0.681. The Kier molecular flexibility index (Phi) is 4.16. The summed E-state index contributed by atoms with van der Waals surface area (Å²) in [5.74, 6) is 0.388. The molecule has 0 aliphatic carbocycles. The highest BCUT2D eigenvalue weighted by molar-refractivity contribution is 6.01. The van der Waals surface area contributed by atoms with Gasteiger partial charge in [-0.2, -0.15) is 0 Å². The molecule has 1 unspecified atom stereocenters. The predicted molar refractivity (Wildman–Crippen MR) is 70.6 cm³/mol. The van der Waals surface area contributed by atoms with Gasteiger partial charge in [-0.05, 0) is 24.1 Å². The molecule has 0 spiro atoms. The number of nitrogens with one attached hydrogen (secondary N) is 1. The quantitative estimate of drug-likeness (QED) is 0.820. The Morgan fingerprint density at radius 1 is 1.42 bits per heavy atom. The van der Waals surface area contributed by atoms with Crippen LogP contribution in [0.5, 0.6) is 5.75 Å². The molecule has 19 heavy (non-hydrogen) atoms. The molecule has 2 amide bonds. The summed E-state index contributed by atoms with van der Waals surface area (Å²) in [5, 5.41) is 2.94. The number of rotatable bonds is 4. The van der Waals surface area contributed by atoms with E-state index in [1.165, 1.54) is 4.90 Å². The van der Waals surface area contributed by atoms with Gasteiger partial charge < -0.3 is 4.74 Å². The number of carbonyl (C=O) groups excluding carboxylic acids is 2. The molecule has 5 nitrogen and oxygen atoms in total. The molecule has 0 saturated carbocycles. The van der Waals surface area contributed by atoms with Crippen molar-refractivity contribution < 1.29 is 14.3 Å². The molecule has 1 aromatic rings. The first-order valence-electron chi connectivity index (χ1n) is 6.36. The van der Waals surface area contributed by atoms with Crippen LogP contribution in [0.3, 0.4) is 0 Å². The smallest absolute Gasteiger partial charge is 0.246 e. The van der Waals surface area contributed by atoms with Gasteiger partial charge in [0.05, 0.1) is 26.2 Å². The van der Waals surface area contributed by atoms with E-state index in [0.29, 0.717) is 13.0 Å². The van der Waals surface area contributed by atoms with Crippen molar-refractivity contribution in [1.82, 2.24) is 10.2 Å². The summed E-state index contributed by atoms with van der Waals surface area (Å²) in [7, 11) is 1.59. The molecule has 0 radical (unpaired) electrons. The van der Waals surface area contributed by atoms with E-state index in [9.17, 15) is 9.59 Å². The second-order valence-electron chi connectivity index (χ2n) is 4.51. The Morgan fingerprint density at radius 3 is 2.89 bits per heavy atom. The van der Waals surface area contributed by atoms with Crippen LogP contribution in [0.25, 0.3) is 0 Å². The maximum atomic E-state index is 12.1. The monoisotopic (exact) mass is 262 g/mol. The standard InChI is InChI=1S/C14H18N2O3/c1-3-12-14(18)16(13(17)8-15-12)9-10-5-4-6-11(7-10)19-2/h4-7,12,15H,3,8-9H2,1-2H3. The van der Waals surface area contributed by atoms with Crippen molar-refractivity contribution in [1.29, 1.82) is 0 Å². The highest BCUT2D eigenvalue weighted by Gasteiger charge is 2.32. The van der Waals surface area contributed by atoms with Gasteiger partial charge in [0, 0.05) is 0 Å². The fourth-order valence-electron chi connectivity index (χ4n) is 2.14. The van der Waals surface area contributed by atoms with Gasteiger partial charge in [0.2, 0.25) is 11.8 Å². The normalized spacial score (nSPS) is 19.7. The number of nitrogens with zero attached hydrogens (tertiary/aromatic N) is 1. The summed E-state index contributed by atoms with van der Waals surface area (Å²) in [5.41, 5.74) is 0.887. The highest BCUT2D eigenvalue weighted by Crippen LogP contribution is 2.16. The van der Waals surface area contributed by atoms with Crippen molar-refractivity contribution in [2.75, 3.05) is 13.7 Å². The van der Waals surface area contributed by atoms with Crippen molar-refractivity contribution in [2.24, 2.45) is 0 Å². The van der Waals surface area contributed by atoms with Gasteiger partial charge in [0.25, 0.3) is 0 Å². The van der Waals surface area contributed by atoms with Gasteiger partial charge in [0.1, 0.15) is 5.75 Å². The van der Waals surface area contributed by atoms with E-state index in [1.807, 2.05) is 31.2 Å². The van der Waals surface area contributed by atoms with Crippen LogP contribution in [0, 0.1) is 0 Å². The van der Waals surface area contributed by atoms with Crippen molar-refractivity contribution in [3.8, 4) is 5.75 Å². The van der Waals surface area contributed by atoms with Crippen molar-refractivity contribution >= 4 is 11.8 Å². The molecular formula is C14H18N2O3. The van der Waals surface area contributed by atoms with Gasteiger partial charge in [-0.25, -0.2) is 0 Å². The average molecular weight is 262 g/mol. The van der Waals surface area contributed by atoms with Gasteiger partial charge in [-0.3, -0.25) is 19.8 Å². The number of carbonyl (C=O) groups is 2. The zero-order valence-electron chi connectivity index (χ0n) is 11.2. The van der Waals surface area contributed by atoms with Crippen LogP contribution >= 0.6 is 0 Å². The molecular weight excluding hydrogens is 244 g/mol. The van der Waals surface area contributed by atoms with E-state index < -0.39 is 0 Å². The zero-order chi connectivity index (χ0) is 13.8. The SMILES string of the molecule is CCC1NCC(=O)N(Cc2cccc(OC)c2)C1=O. The van der Waals surface area contributed by atoms with E-state index in [1.54, 1.807) is 7.11 Å². The number of piperazine rings is 1. The minimum absolute atomic E-state index is 0.151. The maximum Gasteiger partial charge on any atom is 0.246 e. The predicted octanol–water partition coefficient (Wildman–Crippen LogP) is 0.932. The molecule has 1 aromatic carbocycles. The highest BCUT2D eigenvalue weighted by atomic mass is 16.5. The Labute approximate surface area is 112 Å². The molecule has 5 heteroatoms. The minimum Gasteiger partial charge on any atom is -0.497 e. The summed E-state index contributed by atoms with van der Waals surface area (Å²) < 4.78 is 5.14. The molecule has 2 rings (SSSR count). The van der Waals surface area contributed by atoms with Crippen LogP contribution in [0.2, 0.25) is 0 Å². The number of benzene rings is 1. The van der Waals surface area contributed by atoms with Gasteiger partial charge in [-0.15, -0.1) is 0 Å². The third-order valence-electron chi connectivity index (χ3n) is 3.25. The molecule has 1 saturated heterocycles. The van der Waals surface area contributed by atoms with Crippen LogP contribution in [0.4, 0.5) is 0 Å². The number of hydrogen-bond donors (Lipinski definition) is 1. The van der Waals surface area contributed by atoms with Crippen molar-refractivity contribution in [2.45, 2.75) is 25.9 Å². The second kappa shape index (κ2) is 5.84. The fraction of sp³-hybridized carbons (Fsp3) is 0.429. The molecule has 1 heterocycles. The zero-order valence-corrected chi connectivity index (χ0v) is 11.2. The molecule has 0 aromatic heterocycles. The first-order chi connectivity index (χ1) is 9.15. The van der Waals surface area contributed by atoms with Gasteiger partial charge >= 0.3 is 0 Å². The summed E-state index contributed by atoms with van der Waals surface area (Å²) in [6.45, 7) is 2.44. The molecule has 102 valence electrons. The summed E-state index contributed by atoms with van der Waals surface area (Å²) in [6, 6.07) is 7.14. The van der Waals surface area contributed by atoms with E-state index in [-0.39, 0.29) is 24.4 Å². The summed E-state index contributed by atoms with van der Waals surface area (Å²) >= 11 is 0. The van der Waals surface area contributed by atoms with Crippen LogP contribution in [-0.4, -0.2) is 36.4 Å². The molecule has 1 N–H and O–H groups in total. The number of methoxy groups -OCH3 is 1. The Morgan fingerprint density at radius 2 is 2.21 bits per heavy atom. The van der Waals surface area contributed by atoms with Gasteiger partial charge in [-0.1, -0.05) is 19.1 Å². The third-order valence-corrected chi connectivity index (χ3v) is 3.25. The van der Waals surface area contributed by atoms with Crippen LogP contribution in [0.15, 0.2) is 24.3 Å². The molecule has 1 aliphatic rings. The molecule has 1 aliphatic heterocycles. The first-order valence-corrected chi connectivity index (χ1v) is 6.36. The lowest BCUT2D eigenvalue weighted by Crippen LogP contribution is -2.57. The number of amides is 2. The fourth-order valence-corrected chi connectivity index (χ4v) is 2.14. The van der Waals surface area contributed by atoms with E-state index in [0.717, 1.165) is 11.3 Å². The summed E-state index contributed by atoms with van der Waals surface area (Å²) in [4.78, 5) is 25.3.